The molecule has 2 amide bonds. The summed E-state index contributed by atoms with van der Waals surface area (Å²) in [6.45, 7) is 5.73. The van der Waals surface area contributed by atoms with Gasteiger partial charge in [-0.1, -0.05) is 26.0 Å². The van der Waals surface area contributed by atoms with Gasteiger partial charge < -0.3 is 4.74 Å². The quantitative estimate of drug-likeness (QED) is 0.727. The van der Waals surface area contributed by atoms with Gasteiger partial charge in [-0.2, -0.15) is 0 Å². The highest BCUT2D eigenvalue weighted by molar-refractivity contribution is 7.91. The van der Waals surface area contributed by atoms with Gasteiger partial charge in [-0.3, -0.25) is 20.4 Å². The van der Waals surface area contributed by atoms with Crippen LogP contribution in [0.2, 0.25) is 0 Å². The number of hydrogen-bond acceptors (Lipinski definition) is 5. The maximum atomic E-state index is 12.1. The van der Waals surface area contributed by atoms with Crippen molar-refractivity contribution in [2.75, 3.05) is 11.5 Å². The number of carbonyl (C=O) groups is 2. The fraction of sp³-hybridized carbons (Fsp3) is 0.556. The van der Waals surface area contributed by atoms with Gasteiger partial charge in [-0.25, -0.2) is 8.42 Å². The molecule has 2 unspecified atom stereocenters. The van der Waals surface area contributed by atoms with Crippen LogP contribution in [0.3, 0.4) is 0 Å². The number of nitrogens with one attached hydrogen (secondary N) is 2. The molecule has 0 spiro atoms. The Morgan fingerprint density at radius 1 is 1.23 bits per heavy atom. The van der Waals surface area contributed by atoms with Gasteiger partial charge in [0.05, 0.1) is 11.5 Å². The number of amides is 2. The van der Waals surface area contributed by atoms with E-state index in [0.29, 0.717) is 18.1 Å². The fourth-order valence-electron chi connectivity index (χ4n) is 2.78. The summed E-state index contributed by atoms with van der Waals surface area (Å²) in [6, 6.07) is 7.51. The van der Waals surface area contributed by atoms with Gasteiger partial charge in [-0.05, 0) is 42.9 Å². The third kappa shape index (κ3) is 6.01. The first-order valence-electron chi connectivity index (χ1n) is 8.72. The summed E-state index contributed by atoms with van der Waals surface area (Å²) in [6.07, 6.45) is -0.231. The van der Waals surface area contributed by atoms with Crippen molar-refractivity contribution in [3.63, 3.8) is 0 Å². The number of hydrazine groups is 1. The van der Waals surface area contributed by atoms with Crippen LogP contribution >= 0.6 is 0 Å². The van der Waals surface area contributed by atoms with Crippen molar-refractivity contribution >= 4 is 21.7 Å². The van der Waals surface area contributed by atoms with Crippen molar-refractivity contribution in [2.24, 2.45) is 5.92 Å². The molecule has 2 rings (SSSR count). The summed E-state index contributed by atoms with van der Waals surface area (Å²) < 4.78 is 28.4. The van der Waals surface area contributed by atoms with Crippen LogP contribution in [0.5, 0.6) is 5.75 Å². The van der Waals surface area contributed by atoms with Crippen LogP contribution in [0, 0.1) is 5.92 Å². The maximum absolute atomic E-state index is 12.1. The van der Waals surface area contributed by atoms with E-state index >= 15 is 0 Å². The standard InChI is InChI=1S/C18H26N2O5S/c1-12(2)15-5-4-6-16(10-15)25-13(3)18(22)20-19-17(21)9-14-7-8-26(23,24)11-14/h4-6,10,12-14H,7-9,11H2,1-3H3,(H,19,21)(H,20,22). The van der Waals surface area contributed by atoms with Gasteiger partial charge in [-0.15, -0.1) is 0 Å². The van der Waals surface area contributed by atoms with E-state index in [1.165, 1.54) is 0 Å². The molecule has 1 aliphatic heterocycles. The lowest BCUT2D eigenvalue weighted by Crippen LogP contribution is -2.47. The zero-order chi connectivity index (χ0) is 19.3. The molecule has 0 radical (unpaired) electrons. The zero-order valence-electron chi connectivity index (χ0n) is 15.3. The molecule has 144 valence electrons. The van der Waals surface area contributed by atoms with Crippen molar-refractivity contribution in [1.82, 2.24) is 10.9 Å². The molecular weight excluding hydrogens is 356 g/mol. The minimum absolute atomic E-state index is 0.0278. The molecule has 0 aliphatic carbocycles. The second-order valence-electron chi connectivity index (χ2n) is 7.00. The molecule has 1 aliphatic rings. The Labute approximate surface area is 154 Å². The Kier molecular flexibility index (Phi) is 6.63. The maximum Gasteiger partial charge on any atom is 0.279 e. The van der Waals surface area contributed by atoms with E-state index in [9.17, 15) is 18.0 Å². The van der Waals surface area contributed by atoms with Gasteiger partial charge >= 0.3 is 0 Å². The summed E-state index contributed by atoms with van der Waals surface area (Å²) in [5.74, 6) is 0.00591. The number of ether oxygens (including phenoxy) is 1. The molecule has 2 N–H and O–H groups in total. The average Bonchev–Trinajstić information content (AvgIpc) is 2.91. The van der Waals surface area contributed by atoms with Crippen LogP contribution < -0.4 is 15.6 Å². The van der Waals surface area contributed by atoms with Gasteiger partial charge in [0.15, 0.2) is 15.9 Å². The lowest BCUT2D eigenvalue weighted by molar-refractivity contribution is -0.133. The Balaban J connectivity index is 1.78. The van der Waals surface area contributed by atoms with E-state index < -0.39 is 27.8 Å². The Hall–Kier alpha value is -2.09. The van der Waals surface area contributed by atoms with E-state index in [1.54, 1.807) is 13.0 Å². The van der Waals surface area contributed by atoms with Crippen LogP contribution in [0.25, 0.3) is 0 Å². The number of benzene rings is 1. The normalized spacial score (nSPS) is 19.8. The Morgan fingerprint density at radius 2 is 1.96 bits per heavy atom. The number of sulfone groups is 1. The minimum Gasteiger partial charge on any atom is -0.481 e. The molecular formula is C18H26N2O5S. The molecule has 1 aromatic carbocycles. The first-order chi connectivity index (χ1) is 12.2. The van der Waals surface area contributed by atoms with E-state index in [1.807, 2.05) is 18.2 Å². The average molecular weight is 382 g/mol. The van der Waals surface area contributed by atoms with Gasteiger partial charge in [0.2, 0.25) is 5.91 Å². The molecule has 1 saturated heterocycles. The topological polar surface area (TPSA) is 102 Å². The number of hydrogen-bond donors (Lipinski definition) is 2. The van der Waals surface area contributed by atoms with Gasteiger partial charge in [0, 0.05) is 6.42 Å². The lowest BCUT2D eigenvalue weighted by atomic mass is 10.0. The number of rotatable bonds is 6. The minimum atomic E-state index is -3.02. The smallest absolute Gasteiger partial charge is 0.279 e. The van der Waals surface area contributed by atoms with Gasteiger partial charge in [0.1, 0.15) is 5.75 Å². The Morgan fingerprint density at radius 3 is 2.58 bits per heavy atom. The fourth-order valence-corrected chi connectivity index (χ4v) is 4.65. The highest BCUT2D eigenvalue weighted by Gasteiger charge is 2.29. The van der Waals surface area contributed by atoms with Crippen LogP contribution in [-0.2, 0) is 19.4 Å². The second kappa shape index (κ2) is 8.53. The molecule has 8 heteroatoms. The molecule has 26 heavy (non-hydrogen) atoms. The molecule has 1 fully saturated rings. The highest BCUT2D eigenvalue weighted by atomic mass is 32.2. The largest absolute Gasteiger partial charge is 0.481 e. The van der Waals surface area contributed by atoms with Crippen LogP contribution in [0.4, 0.5) is 0 Å². The summed E-state index contributed by atoms with van der Waals surface area (Å²) in [5.41, 5.74) is 5.75. The van der Waals surface area contributed by atoms with Crippen LogP contribution in [0.15, 0.2) is 24.3 Å². The Bertz CT molecular complexity index is 761. The van der Waals surface area contributed by atoms with Gasteiger partial charge in [0.25, 0.3) is 5.91 Å². The molecule has 7 nitrogen and oxygen atoms in total. The lowest BCUT2D eigenvalue weighted by Gasteiger charge is -2.16. The summed E-state index contributed by atoms with van der Waals surface area (Å²) in [7, 11) is -3.02. The molecule has 0 saturated carbocycles. The first kappa shape index (κ1) is 20.2. The highest BCUT2D eigenvalue weighted by Crippen LogP contribution is 2.22. The van der Waals surface area contributed by atoms with Crippen LogP contribution in [-0.4, -0.2) is 37.8 Å². The van der Waals surface area contributed by atoms with Crippen LogP contribution in [0.1, 0.15) is 45.1 Å². The van der Waals surface area contributed by atoms with E-state index in [-0.39, 0.29) is 23.8 Å². The first-order valence-corrected chi connectivity index (χ1v) is 10.5. The summed E-state index contributed by atoms with van der Waals surface area (Å²) in [5, 5.41) is 0. The third-order valence-corrected chi connectivity index (χ3v) is 6.17. The van der Waals surface area contributed by atoms with Crippen molar-refractivity contribution < 1.29 is 22.7 Å². The van der Waals surface area contributed by atoms with E-state index in [0.717, 1.165) is 5.56 Å². The molecule has 0 bridgehead atoms. The van der Waals surface area contributed by atoms with Crippen molar-refractivity contribution in [1.29, 1.82) is 0 Å². The molecule has 0 aromatic heterocycles. The molecule has 2 atom stereocenters. The number of carbonyl (C=O) groups excluding carboxylic acids is 2. The monoisotopic (exact) mass is 382 g/mol. The van der Waals surface area contributed by atoms with Crippen molar-refractivity contribution in [3.8, 4) is 5.75 Å². The third-order valence-electron chi connectivity index (χ3n) is 4.33. The second-order valence-corrected chi connectivity index (χ2v) is 9.23. The van der Waals surface area contributed by atoms with Crippen molar-refractivity contribution in [2.45, 2.75) is 45.6 Å². The zero-order valence-corrected chi connectivity index (χ0v) is 16.1. The van der Waals surface area contributed by atoms with Crippen molar-refractivity contribution in [3.05, 3.63) is 29.8 Å². The van der Waals surface area contributed by atoms with E-state index in [2.05, 4.69) is 24.7 Å². The van der Waals surface area contributed by atoms with E-state index in [4.69, 9.17) is 4.74 Å². The molecule has 1 aromatic rings. The molecule has 1 heterocycles. The predicted molar refractivity (Wildman–Crippen MR) is 98.3 cm³/mol. The SMILES string of the molecule is CC(Oc1cccc(C(C)C)c1)C(=O)NNC(=O)CC1CCS(=O)(=O)C1. The summed E-state index contributed by atoms with van der Waals surface area (Å²) >= 11 is 0. The summed E-state index contributed by atoms with van der Waals surface area (Å²) in [4.78, 5) is 23.9. The predicted octanol–water partition coefficient (Wildman–Crippen LogP) is 1.55.